The minimum Gasteiger partial charge on any atom is -0.461 e. The van der Waals surface area contributed by atoms with E-state index in [1.807, 2.05) is 0 Å². The molecule has 0 radical (unpaired) electrons. The summed E-state index contributed by atoms with van der Waals surface area (Å²) in [6, 6.07) is 6.75. The van der Waals surface area contributed by atoms with Crippen LogP contribution in [0.4, 0.5) is 0 Å². The number of hydrogen-bond donors (Lipinski definition) is 1. The summed E-state index contributed by atoms with van der Waals surface area (Å²) in [5.74, 6) is -0.355. The van der Waals surface area contributed by atoms with Gasteiger partial charge in [-0.1, -0.05) is 12.1 Å². The molecule has 110 valence electrons. The number of nitrogens with one attached hydrogen (secondary N) is 1. The third kappa shape index (κ3) is 6.86. The molecule has 0 heterocycles. The maximum absolute atomic E-state index is 11.4. The zero-order valence-electron chi connectivity index (χ0n) is 11.7. The van der Waals surface area contributed by atoms with Crippen LogP contribution >= 0.6 is 0 Å². The van der Waals surface area contributed by atoms with Gasteiger partial charge in [-0.3, -0.25) is 4.79 Å². The molecule has 0 amide bonds. The highest BCUT2D eigenvalue weighted by Crippen LogP contribution is 2.13. The molecule has 1 rings (SSSR count). The number of carbonyl (C=O) groups excluding carboxylic acids is 2. The SMILES string of the molecule is CNCCOCC(=O)Oc1ccc(COC(C)=O)cc1. The molecule has 0 unspecified atom stereocenters. The van der Waals surface area contributed by atoms with Crippen LogP contribution in [0.15, 0.2) is 24.3 Å². The zero-order chi connectivity index (χ0) is 14.8. The first-order valence-electron chi connectivity index (χ1n) is 6.27. The highest BCUT2D eigenvalue weighted by Gasteiger charge is 2.05. The van der Waals surface area contributed by atoms with Crippen LogP contribution in [-0.4, -0.2) is 38.7 Å². The Morgan fingerprint density at radius 1 is 1.20 bits per heavy atom. The average molecular weight is 281 g/mol. The van der Waals surface area contributed by atoms with Gasteiger partial charge in [0, 0.05) is 13.5 Å². The molecule has 1 aromatic rings. The summed E-state index contributed by atoms with van der Waals surface area (Å²) in [6.07, 6.45) is 0. The third-order valence-corrected chi connectivity index (χ3v) is 2.31. The molecule has 0 aromatic heterocycles. The molecule has 1 aromatic carbocycles. The Balaban J connectivity index is 2.33. The van der Waals surface area contributed by atoms with Gasteiger partial charge in [0.15, 0.2) is 0 Å². The first kappa shape index (κ1) is 16.1. The Bertz CT molecular complexity index is 430. The summed E-state index contributed by atoms with van der Waals surface area (Å²) in [5, 5.41) is 2.90. The number of rotatable bonds is 8. The maximum Gasteiger partial charge on any atom is 0.337 e. The largest absolute Gasteiger partial charge is 0.461 e. The molecular weight excluding hydrogens is 262 g/mol. The Morgan fingerprint density at radius 3 is 2.50 bits per heavy atom. The van der Waals surface area contributed by atoms with Gasteiger partial charge in [-0.2, -0.15) is 0 Å². The van der Waals surface area contributed by atoms with Crippen LogP contribution < -0.4 is 10.1 Å². The van der Waals surface area contributed by atoms with E-state index < -0.39 is 5.97 Å². The summed E-state index contributed by atoms with van der Waals surface area (Å²) in [4.78, 5) is 22.1. The minimum atomic E-state index is -0.450. The fourth-order valence-corrected chi connectivity index (χ4v) is 1.33. The van der Waals surface area contributed by atoms with Crippen LogP contribution in [0.3, 0.4) is 0 Å². The highest BCUT2D eigenvalue weighted by atomic mass is 16.6. The fraction of sp³-hybridized carbons (Fsp3) is 0.429. The lowest BCUT2D eigenvalue weighted by molar-refractivity contribution is -0.142. The number of ether oxygens (including phenoxy) is 3. The maximum atomic E-state index is 11.4. The normalized spacial score (nSPS) is 10.1. The van der Waals surface area contributed by atoms with Gasteiger partial charge < -0.3 is 19.5 Å². The summed E-state index contributed by atoms with van der Waals surface area (Å²) in [6.45, 7) is 2.60. The van der Waals surface area contributed by atoms with Gasteiger partial charge in [-0.25, -0.2) is 4.79 Å². The summed E-state index contributed by atoms with van der Waals surface area (Å²) in [7, 11) is 1.80. The molecule has 20 heavy (non-hydrogen) atoms. The third-order valence-electron chi connectivity index (χ3n) is 2.31. The van der Waals surface area contributed by atoms with Gasteiger partial charge in [-0.15, -0.1) is 0 Å². The van der Waals surface area contributed by atoms with E-state index in [2.05, 4.69) is 5.32 Å². The zero-order valence-corrected chi connectivity index (χ0v) is 11.7. The summed E-state index contributed by atoms with van der Waals surface area (Å²) >= 11 is 0. The van der Waals surface area contributed by atoms with Crippen molar-refractivity contribution in [1.29, 1.82) is 0 Å². The first-order valence-corrected chi connectivity index (χ1v) is 6.27. The standard InChI is InChI=1S/C14H19NO5/c1-11(16)19-9-12-3-5-13(6-4-12)20-14(17)10-18-8-7-15-2/h3-6,15H,7-10H2,1-2H3. The van der Waals surface area contributed by atoms with Crippen molar-refractivity contribution in [2.24, 2.45) is 0 Å². The Morgan fingerprint density at radius 2 is 1.90 bits per heavy atom. The van der Waals surface area contributed by atoms with Crippen LogP contribution in [0, 0.1) is 0 Å². The Hall–Kier alpha value is -1.92. The van der Waals surface area contributed by atoms with Crippen LogP contribution in [0.5, 0.6) is 5.75 Å². The van der Waals surface area contributed by atoms with E-state index in [1.54, 1.807) is 31.3 Å². The lowest BCUT2D eigenvalue weighted by atomic mass is 10.2. The lowest BCUT2D eigenvalue weighted by Crippen LogP contribution is -2.20. The second kappa shape index (κ2) is 9.06. The molecular formula is C14H19NO5. The second-order valence-electron chi connectivity index (χ2n) is 4.05. The van der Waals surface area contributed by atoms with Crippen LogP contribution in [0.25, 0.3) is 0 Å². The molecule has 0 bridgehead atoms. The number of hydrogen-bond acceptors (Lipinski definition) is 6. The van der Waals surface area contributed by atoms with Crippen molar-refractivity contribution < 1.29 is 23.8 Å². The van der Waals surface area contributed by atoms with Gasteiger partial charge in [0.05, 0.1) is 6.61 Å². The Kier molecular flexibility index (Phi) is 7.31. The van der Waals surface area contributed by atoms with Crippen LogP contribution in [0.2, 0.25) is 0 Å². The molecule has 0 saturated carbocycles. The van der Waals surface area contributed by atoms with Crippen molar-refractivity contribution >= 4 is 11.9 Å². The van der Waals surface area contributed by atoms with Gasteiger partial charge in [0.25, 0.3) is 0 Å². The monoisotopic (exact) mass is 281 g/mol. The predicted molar refractivity (Wildman–Crippen MR) is 72.3 cm³/mol. The van der Waals surface area contributed by atoms with Gasteiger partial charge in [0.2, 0.25) is 0 Å². The number of carbonyl (C=O) groups is 2. The van der Waals surface area contributed by atoms with Gasteiger partial charge in [-0.05, 0) is 24.7 Å². The van der Waals surface area contributed by atoms with E-state index in [0.717, 1.165) is 5.56 Å². The van der Waals surface area contributed by atoms with Crippen molar-refractivity contribution in [1.82, 2.24) is 5.32 Å². The van der Waals surface area contributed by atoms with E-state index in [4.69, 9.17) is 14.2 Å². The van der Waals surface area contributed by atoms with Crippen molar-refractivity contribution in [3.8, 4) is 5.75 Å². The lowest BCUT2D eigenvalue weighted by Gasteiger charge is -2.06. The molecule has 0 atom stereocenters. The molecule has 6 nitrogen and oxygen atoms in total. The topological polar surface area (TPSA) is 73.9 Å². The molecule has 6 heteroatoms. The molecule has 0 spiro atoms. The van der Waals surface area contributed by atoms with Gasteiger partial charge >= 0.3 is 11.9 Å². The van der Waals surface area contributed by atoms with Crippen molar-refractivity contribution in [3.05, 3.63) is 29.8 Å². The van der Waals surface area contributed by atoms with Crippen molar-refractivity contribution in [2.75, 3.05) is 26.8 Å². The second-order valence-corrected chi connectivity index (χ2v) is 4.05. The smallest absolute Gasteiger partial charge is 0.337 e. The molecule has 0 aliphatic heterocycles. The quantitative estimate of drug-likeness (QED) is 0.433. The number of benzene rings is 1. The highest BCUT2D eigenvalue weighted by molar-refractivity contribution is 5.73. The van der Waals surface area contributed by atoms with Gasteiger partial charge in [0.1, 0.15) is 19.0 Å². The number of esters is 2. The molecule has 0 saturated heterocycles. The number of likely N-dealkylation sites (N-methyl/N-ethyl adjacent to an activating group) is 1. The molecule has 0 fully saturated rings. The van der Waals surface area contributed by atoms with Crippen LogP contribution in [0.1, 0.15) is 12.5 Å². The summed E-state index contributed by atoms with van der Waals surface area (Å²) in [5.41, 5.74) is 0.824. The van der Waals surface area contributed by atoms with E-state index in [-0.39, 0.29) is 19.2 Å². The molecule has 0 aliphatic rings. The van der Waals surface area contributed by atoms with E-state index >= 15 is 0 Å². The fourth-order valence-electron chi connectivity index (χ4n) is 1.33. The predicted octanol–water partition coefficient (Wildman–Crippen LogP) is 0.891. The molecule has 1 N–H and O–H groups in total. The van der Waals surface area contributed by atoms with Crippen molar-refractivity contribution in [3.63, 3.8) is 0 Å². The minimum absolute atomic E-state index is 0.0864. The van der Waals surface area contributed by atoms with Crippen LogP contribution in [-0.2, 0) is 25.7 Å². The average Bonchev–Trinajstić information content (AvgIpc) is 2.43. The summed E-state index contributed by atoms with van der Waals surface area (Å²) < 4.78 is 15.0. The van der Waals surface area contributed by atoms with E-state index in [0.29, 0.717) is 18.9 Å². The van der Waals surface area contributed by atoms with E-state index in [9.17, 15) is 9.59 Å². The molecule has 0 aliphatic carbocycles. The Labute approximate surface area is 118 Å². The van der Waals surface area contributed by atoms with Crippen molar-refractivity contribution in [2.45, 2.75) is 13.5 Å². The van der Waals surface area contributed by atoms with E-state index in [1.165, 1.54) is 6.92 Å². The first-order chi connectivity index (χ1) is 9.61.